The zero-order valence-electron chi connectivity index (χ0n) is 6.08. The molecule has 12 heavy (non-hydrogen) atoms. The van der Waals surface area contributed by atoms with E-state index in [9.17, 15) is 9.18 Å². The van der Waals surface area contributed by atoms with E-state index < -0.39 is 11.6 Å². The third kappa shape index (κ3) is 0.777. The molecule has 0 saturated heterocycles. The van der Waals surface area contributed by atoms with Gasteiger partial charge in [0.1, 0.15) is 0 Å². The number of hydrogen-bond donors (Lipinski definition) is 0. The Morgan fingerprint density at radius 3 is 2.92 bits per heavy atom. The van der Waals surface area contributed by atoms with Crippen LogP contribution in [0.2, 0.25) is 0 Å². The maximum Gasteiger partial charge on any atom is 0.420 e. The summed E-state index contributed by atoms with van der Waals surface area (Å²) < 4.78 is 18.5. The Labute approximate surface area is 67.0 Å². The summed E-state index contributed by atoms with van der Waals surface area (Å²) in [6.45, 7) is 0. The van der Waals surface area contributed by atoms with Crippen LogP contribution in [0.5, 0.6) is 0 Å². The molecule has 0 aliphatic carbocycles. The number of aromatic nitrogens is 1. The molecule has 1 aromatic heterocycles. The maximum absolute atomic E-state index is 12.9. The van der Waals surface area contributed by atoms with Crippen molar-refractivity contribution in [2.45, 2.75) is 0 Å². The van der Waals surface area contributed by atoms with E-state index in [1.165, 1.54) is 12.1 Å². The van der Waals surface area contributed by atoms with Gasteiger partial charge in [0.15, 0.2) is 11.4 Å². The topological polar surface area (TPSA) is 35.1 Å². The zero-order chi connectivity index (χ0) is 8.72. The molecule has 61 valence electrons. The molecule has 1 heterocycles. The lowest BCUT2D eigenvalue weighted by Crippen LogP contribution is -2.06. The first-order chi connectivity index (χ1) is 5.70. The Kier molecular flexibility index (Phi) is 1.30. The van der Waals surface area contributed by atoms with E-state index in [-0.39, 0.29) is 5.58 Å². The lowest BCUT2D eigenvalue weighted by atomic mass is 10.3. The summed E-state index contributed by atoms with van der Waals surface area (Å²) >= 11 is 0. The van der Waals surface area contributed by atoms with Crippen LogP contribution in [0, 0.1) is 12.9 Å². The highest BCUT2D eigenvalue weighted by Gasteiger charge is 2.08. The minimum atomic E-state index is -0.657. The predicted molar refractivity (Wildman–Crippen MR) is 41.2 cm³/mol. The zero-order valence-corrected chi connectivity index (χ0v) is 6.08. The van der Waals surface area contributed by atoms with Gasteiger partial charge in [-0.2, -0.15) is 0 Å². The van der Waals surface area contributed by atoms with Crippen LogP contribution in [0.25, 0.3) is 11.1 Å². The van der Waals surface area contributed by atoms with Crippen molar-refractivity contribution in [1.29, 1.82) is 0 Å². The number of halogens is 1. The van der Waals surface area contributed by atoms with Crippen molar-refractivity contribution in [2.75, 3.05) is 0 Å². The Hall–Kier alpha value is -1.58. The van der Waals surface area contributed by atoms with Crippen molar-refractivity contribution in [2.24, 2.45) is 0 Å². The van der Waals surface area contributed by atoms with Crippen LogP contribution in [-0.4, -0.2) is 4.57 Å². The normalized spacial score (nSPS) is 10.8. The lowest BCUT2D eigenvalue weighted by molar-refractivity contribution is 0.513. The summed E-state index contributed by atoms with van der Waals surface area (Å²) in [6.07, 6.45) is 0. The third-order valence-electron chi connectivity index (χ3n) is 1.65. The minimum absolute atomic E-state index is 0.0440. The van der Waals surface area contributed by atoms with Gasteiger partial charge in [-0.15, -0.1) is 0 Å². The van der Waals surface area contributed by atoms with Crippen LogP contribution in [0.15, 0.2) is 27.4 Å². The van der Waals surface area contributed by atoms with Gasteiger partial charge in [-0.25, -0.2) is 9.18 Å². The monoisotopic (exact) mass is 166 g/mol. The van der Waals surface area contributed by atoms with Crippen LogP contribution in [-0.2, 0) is 0 Å². The summed E-state index contributed by atoms with van der Waals surface area (Å²) in [5, 5.41) is 0. The van der Waals surface area contributed by atoms with Crippen molar-refractivity contribution in [3.05, 3.63) is 41.6 Å². The van der Waals surface area contributed by atoms with E-state index in [4.69, 9.17) is 0 Å². The molecule has 0 unspecified atom stereocenters. The fourth-order valence-electron chi connectivity index (χ4n) is 1.05. The van der Waals surface area contributed by atoms with Crippen LogP contribution >= 0.6 is 0 Å². The van der Waals surface area contributed by atoms with Gasteiger partial charge in [0.2, 0.25) is 0 Å². The Morgan fingerprint density at radius 1 is 1.50 bits per heavy atom. The Balaban J connectivity index is 3.05. The lowest BCUT2D eigenvalue weighted by Gasteiger charge is -1.89. The molecule has 2 aromatic rings. The summed E-state index contributed by atoms with van der Waals surface area (Å²) in [5.41, 5.74) is 0.317. The second-order valence-corrected chi connectivity index (χ2v) is 2.38. The van der Waals surface area contributed by atoms with Crippen molar-refractivity contribution >= 4 is 11.1 Å². The first kappa shape index (κ1) is 7.09. The molecule has 0 N–H and O–H groups in total. The summed E-state index contributed by atoms with van der Waals surface area (Å²) in [6, 6.07) is 4.29. The number of para-hydroxylation sites is 1. The summed E-state index contributed by atoms with van der Waals surface area (Å²) in [7, 11) is 3.39. The van der Waals surface area contributed by atoms with E-state index in [0.717, 1.165) is 4.57 Å². The van der Waals surface area contributed by atoms with E-state index in [2.05, 4.69) is 11.5 Å². The van der Waals surface area contributed by atoms with Crippen molar-refractivity contribution in [3.8, 4) is 0 Å². The van der Waals surface area contributed by atoms with Gasteiger partial charge in [0, 0.05) is 7.05 Å². The number of nitrogens with zero attached hydrogens (tertiary/aromatic N) is 1. The van der Waals surface area contributed by atoms with Gasteiger partial charge < -0.3 is 4.42 Å². The maximum atomic E-state index is 12.9. The molecule has 0 atom stereocenters. The molecular weight excluding hydrogens is 161 g/mol. The molecule has 0 spiro atoms. The standard InChI is InChI=1S/C8H5FNO2/c1-10-6-4-2-3-5(9)7(6)12-8(10)11/h2-4H,1H2. The summed E-state index contributed by atoms with van der Waals surface area (Å²) in [4.78, 5) is 10.9. The highest BCUT2D eigenvalue weighted by atomic mass is 19.1. The molecule has 0 fully saturated rings. The van der Waals surface area contributed by atoms with Crippen molar-refractivity contribution in [3.63, 3.8) is 0 Å². The third-order valence-corrected chi connectivity index (χ3v) is 1.65. The van der Waals surface area contributed by atoms with E-state index in [1.807, 2.05) is 0 Å². The first-order valence-electron chi connectivity index (χ1n) is 3.31. The van der Waals surface area contributed by atoms with Gasteiger partial charge in [-0.05, 0) is 12.1 Å². The molecule has 2 rings (SSSR count). The van der Waals surface area contributed by atoms with Gasteiger partial charge in [0.05, 0.1) is 5.52 Å². The number of rotatable bonds is 0. The molecule has 1 radical (unpaired) electrons. The smallest absolute Gasteiger partial charge is 0.405 e. The molecule has 4 heteroatoms. The van der Waals surface area contributed by atoms with Gasteiger partial charge in [-0.1, -0.05) is 6.07 Å². The fraction of sp³-hybridized carbons (Fsp3) is 0. The second kappa shape index (κ2) is 2.20. The average molecular weight is 166 g/mol. The second-order valence-electron chi connectivity index (χ2n) is 2.38. The average Bonchev–Trinajstić information content (AvgIpc) is 2.32. The quantitative estimate of drug-likeness (QED) is 0.592. The predicted octanol–water partition coefficient (Wildman–Crippen LogP) is 1.37. The number of benzene rings is 1. The SMILES string of the molecule is [CH2]n1c(=O)oc2c(F)cccc21. The largest absolute Gasteiger partial charge is 0.420 e. The molecule has 0 bridgehead atoms. The molecule has 0 aliphatic heterocycles. The number of fused-ring (bicyclic) bond motifs is 1. The van der Waals surface area contributed by atoms with Gasteiger partial charge in [0.25, 0.3) is 0 Å². The van der Waals surface area contributed by atoms with E-state index >= 15 is 0 Å². The fourth-order valence-corrected chi connectivity index (χ4v) is 1.05. The summed E-state index contributed by atoms with van der Waals surface area (Å²) in [5.74, 6) is -1.21. The van der Waals surface area contributed by atoms with Gasteiger partial charge >= 0.3 is 5.76 Å². The van der Waals surface area contributed by atoms with Crippen LogP contribution < -0.4 is 5.76 Å². The minimum Gasteiger partial charge on any atom is -0.405 e. The number of hydrogen-bond acceptors (Lipinski definition) is 2. The molecule has 0 saturated carbocycles. The van der Waals surface area contributed by atoms with Crippen LogP contribution in [0.4, 0.5) is 4.39 Å². The van der Waals surface area contributed by atoms with Gasteiger partial charge in [-0.3, -0.25) is 4.57 Å². The van der Waals surface area contributed by atoms with E-state index in [0.29, 0.717) is 5.52 Å². The Bertz CT molecular complexity index is 483. The van der Waals surface area contributed by atoms with E-state index in [1.54, 1.807) is 6.07 Å². The van der Waals surface area contributed by atoms with Crippen molar-refractivity contribution < 1.29 is 8.81 Å². The highest BCUT2D eigenvalue weighted by molar-refractivity contribution is 5.73. The van der Waals surface area contributed by atoms with Crippen LogP contribution in [0.3, 0.4) is 0 Å². The molecule has 1 aromatic carbocycles. The highest BCUT2D eigenvalue weighted by Crippen LogP contribution is 2.14. The molecule has 0 amide bonds. The molecule has 3 nitrogen and oxygen atoms in total. The van der Waals surface area contributed by atoms with Crippen molar-refractivity contribution in [1.82, 2.24) is 4.57 Å². The molecular formula is C8H5FNO2. The first-order valence-corrected chi connectivity index (χ1v) is 3.31. The number of oxazole rings is 1. The van der Waals surface area contributed by atoms with Crippen LogP contribution in [0.1, 0.15) is 0 Å². The molecule has 0 aliphatic rings. The Morgan fingerprint density at radius 2 is 2.25 bits per heavy atom.